The van der Waals surface area contributed by atoms with Crippen LogP contribution >= 0.6 is 0 Å². The van der Waals surface area contributed by atoms with Gasteiger partial charge in [0.1, 0.15) is 5.82 Å². The summed E-state index contributed by atoms with van der Waals surface area (Å²) in [5.41, 5.74) is 0. The second-order valence-corrected chi connectivity index (χ2v) is 4.24. The highest BCUT2D eigenvalue weighted by atomic mass is 32.2. The predicted molar refractivity (Wildman–Crippen MR) is 44.2 cm³/mol. The van der Waals surface area contributed by atoms with Crippen molar-refractivity contribution in [2.75, 3.05) is 7.05 Å². The van der Waals surface area contributed by atoms with Crippen molar-refractivity contribution in [3.8, 4) is 0 Å². The molecule has 0 atom stereocenters. The Kier molecular flexibility index (Phi) is 2.20. The normalized spacial score (nSPS) is 11.9. The van der Waals surface area contributed by atoms with E-state index in [0.29, 0.717) is 5.82 Å². The summed E-state index contributed by atoms with van der Waals surface area (Å²) in [6, 6.07) is 0. The molecule has 0 amide bonds. The number of nitrogens with zero attached hydrogens (tertiary/aromatic N) is 2. The van der Waals surface area contributed by atoms with Crippen LogP contribution in [0.15, 0.2) is 11.2 Å². The second-order valence-electron chi connectivity index (χ2n) is 2.41. The largest absolute Gasteiger partial charge is 0.321 e. The van der Waals surface area contributed by atoms with Gasteiger partial charge in [0, 0.05) is 7.05 Å². The second kappa shape index (κ2) is 2.87. The van der Waals surface area contributed by atoms with Gasteiger partial charge in [-0.2, -0.15) is 0 Å². The summed E-state index contributed by atoms with van der Waals surface area (Å²) < 4.78 is 26.3. The van der Waals surface area contributed by atoms with Crippen molar-refractivity contribution in [1.29, 1.82) is 0 Å². The molecule has 0 saturated carbocycles. The highest BCUT2D eigenvalue weighted by molar-refractivity contribution is 7.89. The first-order chi connectivity index (χ1) is 5.49. The van der Waals surface area contributed by atoms with Crippen LogP contribution in [0.5, 0.6) is 0 Å². The number of rotatable bonds is 2. The molecule has 0 unspecified atom stereocenters. The van der Waals surface area contributed by atoms with Crippen LogP contribution in [0.4, 0.5) is 0 Å². The Bertz CT molecular complexity index is 379. The average molecular weight is 189 g/mol. The summed E-state index contributed by atoms with van der Waals surface area (Å²) in [7, 11) is -0.326. The van der Waals surface area contributed by atoms with E-state index >= 15 is 0 Å². The lowest BCUT2D eigenvalue weighted by molar-refractivity contribution is 0.576. The van der Waals surface area contributed by atoms with Gasteiger partial charge in [-0.15, -0.1) is 0 Å². The van der Waals surface area contributed by atoms with Crippen LogP contribution in [-0.4, -0.2) is 25.0 Å². The average Bonchev–Trinajstić information content (AvgIpc) is 2.33. The number of hydrogen-bond donors (Lipinski definition) is 1. The van der Waals surface area contributed by atoms with Gasteiger partial charge in [0.15, 0.2) is 5.03 Å². The van der Waals surface area contributed by atoms with E-state index < -0.39 is 10.0 Å². The maximum absolute atomic E-state index is 11.3. The summed E-state index contributed by atoms with van der Waals surface area (Å²) in [4.78, 5) is 3.87. The molecule has 0 radical (unpaired) electrons. The van der Waals surface area contributed by atoms with Crippen molar-refractivity contribution in [2.45, 2.75) is 11.9 Å². The monoisotopic (exact) mass is 189 g/mol. The van der Waals surface area contributed by atoms with Crippen molar-refractivity contribution < 1.29 is 8.42 Å². The van der Waals surface area contributed by atoms with Crippen LogP contribution in [-0.2, 0) is 17.1 Å². The Morgan fingerprint density at radius 1 is 1.58 bits per heavy atom. The quantitative estimate of drug-likeness (QED) is 0.690. The molecule has 1 aromatic rings. The Morgan fingerprint density at radius 3 is 2.50 bits per heavy atom. The minimum absolute atomic E-state index is 0.183. The third-order valence-corrected chi connectivity index (χ3v) is 3.19. The van der Waals surface area contributed by atoms with E-state index in [1.165, 1.54) is 17.8 Å². The van der Waals surface area contributed by atoms with Crippen LogP contribution < -0.4 is 4.72 Å². The fourth-order valence-electron chi connectivity index (χ4n) is 0.836. The van der Waals surface area contributed by atoms with Crippen molar-refractivity contribution in [3.63, 3.8) is 0 Å². The predicted octanol–water partition coefficient (Wildman–Crippen LogP) is -0.363. The van der Waals surface area contributed by atoms with Crippen LogP contribution in [0, 0.1) is 6.92 Å². The summed E-state index contributed by atoms with van der Waals surface area (Å²) in [6.07, 6.45) is 1.33. The molecule has 0 fully saturated rings. The van der Waals surface area contributed by atoms with E-state index in [-0.39, 0.29) is 5.03 Å². The fraction of sp³-hybridized carbons (Fsp3) is 0.500. The first kappa shape index (κ1) is 9.21. The molecular weight excluding hydrogens is 178 g/mol. The number of imidazole rings is 1. The molecule has 0 aliphatic rings. The van der Waals surface area contributed by atoms with E-state index in [2.05, 4.69) is 9.71 Å². The Balaban J connectivity index is 3.30. The standard InChI is InChI=1S/C6H11N3O2S/c1-5-8-4-6(9(5)3)12(10,11)7-2/h4,7H,1-3H3. The van der Waals surface area contributed by atoms with Crippen molar-refractivity contribution in [1.82, 2.24) is 14.3 Å². The highest BCUT2D eigenvalue weighted by Crippen LogP contribution is 2.07. The smallest absolute Gasteiger partial charge is 0.257 e. The molecule has 0 aromatic carbocycles. The lowest BCUT2D eigenvalue weighted by Gasteiger charge is -2.02. The molecule has 0 spiro atoms. The number of hydrogen-bond acceptors (Lipinski definition) is 3. The third-order valence-electron chi connectivity index (χ3n) is 1.72. The molecule has 0 aliphatic carbocycles. The van der Waals surface area contributed by atoms with Gasteiger partial charge in [0.25, 0.3) is 10.0 Å². The molecule has 1 N–H and O–H groups in total. The topological polar surface area (TPSA) is 64.0 Å². The lowest BCUT2D eigenvalue weighted by Crippen LogP contribution is -2.21. The summed E-state index contributed by atoms with van der Waals surface area (Å²) in [5.74, 6) is 0.670. The molecule has 0 aliphatic heterocycles. The van der Waals surface area contributed by atoms with E-state index in [1.807, 2.05) is 0 Å². The van der Waals surface area contributed by atoms with E-state index in [1.54, 1.807) is 14.0 Å². The molecule has 1 heterocycles. The number of sulfonamides is 1. The molecule has 1 rings (SSSR count). The van der Waals surface area contributed by atoms with E-state index in [9.17, 15) is 8.42 Å². The van der Waals surface area contributed by atoms with Crippen molar-refractivity contribution in [2.24, 2.45) is 7.05 Å². The van der Waals surface area contributed by atoms with Gasteiger partial charge in [-0.3, -0.25) is 0 Å². The van der Waals surface area contributed by atoms with Crippen LogP contribution in [0.3, 0.4) is 0 Å². The maximum Gasteiger partial charge on any atom is 0.257 e. The van der Waals surface area contributed by atoms with Gasteiger partial charge < -0.3 is 4.57 Å². The fourth-order valence-corrected chi connectivity index (χ4v) is 1.73. The molecule has 0 bridgehead atoms. The summed E-state index contributed by atoms with van der Waals surface area (Å²) in [5, 5.41) is 0.183. The molecule has 12 heavy (non-hydrogen) atoms. The Labute approximate surface area is 71.5 Å². The van der Waals surface area contributed by atoms with E-state index in [4.69, 9.17) is 0 Å². The molecule has 0 saturated heterocycles. The number of aryl methyl sites for hydroxylation is 1. The molecule has 5 nitrogen and oxygen atoms in total. The summed E-state index contributed by atoms with van der Waals surface area (Å²) >= 11 is 0. The molecule has 68 valence electrons. The van der Waals surface area contributed by atoms with Gasteiger partial charge in [-0.05, 0) is 14.0 Å². The van der Waals surface area contributed by atoms with Crippen molar-refractivity contribution >= 4 is 10.0 Å². The highest BCUT2D eigenvalue weighted by Gasteiger charge is 2.16. The third kappa shape index (κ3) is 1.35. The Morgan fingerprint density at radius 2 is 2.17 bits per heavy atom. The lowest BCUT2D eigenvalue weighted by atomic mass is 10.7. The number of aromatic nitrogens is 2. The van der Waals surface area contributed by atoms with E-state index in [0.717, 1.165) is 0 Å². The van der Waals surface area contributed by atoms with Crippen LogP contribution in [0.1, 0.15) is 5.82 Å². The molecular formula is C6H11N3O2S. The summed E-state index contributed by atoms with van der Waals surface area (Å²) in [6.45, 7) is 1.74. The van der Waals surface area contributed by atoms with Gasteiger partial charge in [-0.25, -0.2) is 18.1 Å². The molecule has 6 heteroatoms. The maximum atomic E-state index is 11.3. The van der Waals surface area contributed by atoms with Crippen LogP contribution in [0.2, 0.25) is 0 Å². The van der Waals surface area contributed by atoms with Gasteiger partial charge >= 0.3 is 0 Å². The van der Waals surface area contributed by atoms with Gasteiger partial charge in [0.2, 0.25) is 0 Å². The zero-order valence-corrected chi connectivity index (χ0v) is 8.01. The minimum Gasteiger partial charge on any atom is -0.321 e. The Hall–Kier alpha value is -0.880. The first-order valence-electron chi connectivity index (χ1n) is 3.41. The van der Waals surface area contributed by atoms with Crippen molar-refractivity contribution in [3.05, 3.63) is 12.0 Å². The van der Waals surface area contributed by atoms with Gasteiger partial charge in [-0.1, -0.05) is 0 Å². The SMILES string of the molecule is CNS(=O)(=O)c1cnc(C)n1C. The number of nitrogens with one attached hydrogen (secondary N) is 1. The zero-order valence-electron chi connectivity index (χ0n) is 7.20. The first-order valence-corrected chi connectivity index (χ1v) is 4.89. The molecule has 1 aromatic heterocycles. The van der Waals surface area contributed by atoms with Crippen LogP contribution in [0.25, 0.3) is 0 Å². The zero-order chi connectivity index (χ0) is 9.35. The van der Waals surface area contributed by atoms with Gasteiger partial charge in [0.05, 0.1) is 6.20 Å². The minimum atomic E-state index is -3.36.